The molecule has 0 nitrogen and oxygen atoms in total. The molecule has 0 aliphatic heterocycles. The standard InChI is InChI=1S/C9H14/c1-6-7(2)9-4-3-8(6)5-9/h7-9H,1,3-5H2,2H3/t7?,8-,9+/m0/s1. The summed E-state index contributed by atoms with van der Waals surface area (Å²) in [4.78, 5) is 0. The summed E-state index contributed by atoms with van der Waals surface area (Å²) in [6.07, 6.45) is 4.37. The van der Waals surface area contributed by atoms with Gasteiger partial charge in [-0.15, -0.1) is 0 Å². The molecule has 9 heavy (non-hydrogen) atoms. The number of fused-ring (bicyclic) bond motifs is 2. The Hall–Kier alpha value is -0.260. The topological polar surface area (TPSA) is 0 Å². The second kappa shape index (κ2) is 1.62. The molecular weight excluding hydrogens is 108 g/mol. The number of allylic oxidation sites excluding steroid dienone is 1. The molecule has 0 aromatic heterocycles. The van der Waals surface area contributed by atoms with E-state index in [9.17, 15) is 0 Å². The van der Waals surface area contributed by atoms with Crippen LogP contribution in [0.1, 0.15) is 26.2 Å². The Morgan fingerprint density at radius 3 is 2.56 bits per heavy atom. The van der Waals surface area contributed by atoms with Crippen LogP contribution in [0.15, 0.2) is 12.2 Å². The molecule has 2 aliphatic rings. The van der Waals surface area contributed by atoms with Gasteiger partial charge in [0.05, 0.1) is 0 Å². The van der Waals surface area contributed by atoms with Crippen LogP contribution < -0.4 is 0 Å². The van der Waals surface area contributed by atoms with E-state index in [4.69, 9.17) is 0 Å². The third kappa shape index (κ3) is 0.593. The van der Waals surface area contributed by atoms with Crippen molar-refractivity contribution in [2.75, 3.05) is 0 Å². The molecule has 0 aromatic carbocycles. The van der Waals surface area contributed by atoms with Crippen molar-refractivity contribution >= 4 is 0 Å². The minimum atomic E-state index is 0.851. The molecule has 0 radical (unpaired) electrons. The van der Waals surface area contributed by atoms with Crippen LogP contribution >= 0.6 is 0 Å². The molecule has 0 spiro atoms. The fourth-order valence-electron chi connectivity index (χ4n) is 2.48. The van der Waals surface area contributed by atoms with Gasteiger partial charge < -0.3 is 0 Å². The van der Waals surface area contributed by atoms with Gasteiger partial charge in [0, 0.05) is 0 Å². The van der Waals surface area contributed by atoms with Crippen molar-refractivity contribution in [3.63, 3.8) is 0 Å². The Balaban J connectivity index is 2.25. The van der Waals surface area contributed by atoms with Crippen LogP contribution in [0.5, 0.6) is 0 Å². The first kappa shape index (κ1) is 5.52. The first-order valence-corrected chi connectivity index (χ1v) is 3.97. The molecule has 0 N–H and O–H groups in total. The Labute approximate surface area is 57.0 Å². The predicted octanol–water partition coefficient (Wildman–Crippen LogP) is 2.61. The molecule has 3 atom stereocenters. The van der Waals surface area contributed by atoms with E-state index < -0.39 is 0 Å². The minimum Gasteiger partial charge on any atom is -0.0993 e. The molecular formula is C9H14. The molecule has 0 amide bonds. The van der Waals surface area contributed by atoms with Crippen LogP contribution in [0, 0.1) is 17.8 Å². The maximum Gasteiger partial charge on any atom is -0.0200 e. The van der Waals surface area contributed by atoms with Gasteiger partial charge in [0.1, 0.15) is 0 Å². The largest absolute Gasteiger partial charge is 0.0993 e. The van der Waals surface area contributed by atoms with Gasteiger partial charge >= 0.3 is 0 Å². The highest BCUT2D eigenvalue weighted by atomic mass is 14.4. The van der Waals surface area contributed by atoms with Gasteiger partial charge in [0.2, 0.25) is 0 Å². The number of hydrogen-bond acceptors (Lipinski definition) is 0. The Bertz CT molecular complexity index is 142. The molecule has 0 saturated heterocycles. The molecule has 2 saturated carbocycles. The predicted molar refractivity (Wildman–Crippen MR) is 39.1 cm³/mol. The van der Waals surface area contributed by atoms with Crippen LogP contribution in [-0.4, -0.2) is 0 Å². The maximum absolute atomic E-state index is 4.12. The third-order valence-corrected chi connectivity index (χ3v) is 3.29. The molecule has 0 aromatic rings. The first-order chi connectivity index (χ1) is 4.29. The zero-order valence-electron chi connectivity index (χ0n) is 6.06. The normalized spacial score (nSPS) is 48.6. The summed E-state index contributed by atoms with van der Waals surface area (Å²) < 4.78 is 0. The van der Waals surface area contributed by atoms with Gasteiger partial charge in [-0.25, -0.2) is 0 Å². The molecule has 2 bridgehead atoms. The van der Waals surface area contributed by atoms with Crippen LogP contribution in [-0.2, 0) is 0 Å². The van der Waals surface area contributed by atoms with Gasteiger partial charge in [-0.1, -0.05) is 19.1 Å². The van der Waals surface area contributed by atoms with E-state index in [0.717, 1.165) is 17.8 Å². The van der Waals surface area contributed by atoms with Gasteiger partial charge in [-0.3, -0.25) is 0 Å². The first-order valence-electron chi connectivity index (χ1n) is 3.97. The summed E-state index contributed by atoms with van der Waals surface area (Å²) in [5.74, 6) is 2.79. The van der Waals surface area contributed by atoms with Crippen molar-refractivity contribution in [2.45, 2.75) is 26.2 Å². The highest BCUT2D eigenvalue weighted by molar-refractivity contribution is 5.16. The van der Waals surface area contributed by atoms with E-state index >= 15 is 0 Å². The lowest BCUT2D eigenvalue weighted by Gasteiger charge is -2.19. The second-order valence-corrected chi connectivity index (χ2v) is 3.63. The highest BCUT2D eigenvalue weighted by Gasteiger charge is 2.39. The summed E-state index contributed by atoms with van der Waals surface area (Å²) in [6.45, 7) is 6.46. The molecule has 2 aliphatic carbocycles. The average Bonchev–Trinajstić information content (AvgIpc) is 2.37. The Morgan fingerprint density at radius 1 is 1.44 bits per heavy atom. The lowest BCUT2D eigenvalue weighted by atomic mass is 9.87. The highest BCUT2D eigenvalue weighted by Crippen LogP contribution is 2.50. The number of rotatable bonds is 0. The van der Waals surface area contributed by atoms with Crippen LogP contribution in [0.3, 0.4) is 0 Å². The summed E-state index contributed by atoms with van der Waals surface area (Å²) in [6, 6.07) is 0. The lowest BCUT2D eigenvalue weighted by Crippen LogP contribution is -2.08. The van der Waals surface area contributed by atoms with E-state index in [2.05, 4.69) is 13.5 Å². The molecule has 0 heterocycles. The zero-order chi connectivity index (χ0) is 6.43. The quantitative estimate of drug-likeness (QED) is 0.433. The molecule has 2 fully saturated rings. The maximum atomic E-state index is 4.12. The monoisotopic (exact) mass is 122 g/mol. The lowest BCUT2D eigenvalue weighted by molar-refractivity contribution is 0.436. The van der Waals surface area contributed by atoms with Crippen molar-refractivity contribution in [3.8, 4) is 0 Å². The van der Waals surface area contributed by atoms with E-state index in [-0.39, 0.29) is 0 Å². The van der Waals surface area contributed by atoms with E-state index in [1.54, 1.807) is 5.57 Å². The van der Waals surface area contributed by atoms with Gasteiger partial charge in [0.15, 0.2) is 0 Å². The van der Waals surface area contributed by atoms with Crippen molar-refractivity contribution in [1.82, 2.24) is 0 Å². The summed E-state index contributed by atoms with van der Waals surface area (Å²) >= 11 is 0. The fraction of sp³-hybridized carbons (Fsp3) is 0.778. The molecule has 2 rings (SSSR count). The van der Waals surface area contributed by atoms with Crippen LogP contribution in [0.25, 0.3) is 0 Å². The van der Waals surface area contributed by atoms with Gasteiger partial charge in [-0.2, -0.15) is 0 Å². The fourth-order valence-corrected chi connectivity index (χ4v) is 2.48. The zero-order valence-corrected chi connectivity index (χ0v) is 6.06. The molecule has 1 unspecified atom stereocenters. The van der Waals surface area contributed by atoms with Gasteiger partial charge in [-0.05, 0) is 37.0 Å². The minimum absolute atomic E-state index is 0.851. The summed E-state index contributed by atoms with van der Waals surface area (Å²) in [5, 5.41) is 0. The van der Waals surface area contributed by atoms with E-state index in [1.807, 2.05) is 0 Å². The van der Waals surface area contributed by atoms with Crippen LogP contribution in [0.2, 0.25) is 0 Å². The van der Waals surface area contributed by atoms with Crippen molar-refractivity contribution in [3.05, 3.63) is 12.2 Å². The Morgan fingerprint density at radius 2 is 2.22 bits per heavy atom. The third-order valence-electron chi connectivity index (χ3n) is 3.29. The SMILES string of the molecule is C=C1C(C)[C@@H]2CC[C@H]1C2. The van der Waals surface area contributed by atoms with Crippen LogP contribution in [0.4, 0.5) is 0 Å². The van der Waals surface area contributed by atoms with E-state index in [1.165, 1.54) is 19.3 Å². The molecule has 50 valence electrons. The average molecular weight is 122 g/mol. The summed E-state index contributed by atoms with van der Waals surface area (Å²) in [5.41, 5.74) is 1.55. The van der Waals surface area contributed by atoms with Crippen molar-refractivity contribution in [1.29, 1.82) is 0 Å². The number of hydrogen-bond donors (Lipinski definition) is 0. The second-order valence-electron chi connectivity index (χ2n) is 3.63. The smallest absolute Gasteiger partial charge is 0.0200 e. The Kier molecular flexibility index (Phi) is 0.992. The summed E-state index contributed by atoms with van der Waals surface area (Å²) in [7, 11) is 0. The van der Waals surface area contributed by atoms with Gasteiger partial charge in [0.25, 0.3) is 0 Å². The molecule has 0 heteroatoms. The van der Waals surface area contributed by atoms with Crippen molar-refractivity contribution in [2.24, 2.45) is 17.8 Å². The van der Waals surface area contributed by atoms with E-state index in [0.29, 0.717) is 0 Å². The van der Waals surface area contributed by atoms with Crippen molar-refractivity contribution < 1.29 is 0 Å².